The molecule has 0 N–H and O–H groups in total. The summed E-state index contributed by atoms with van der Waals surface area (Å²) in [6.07, 6.45) is -0.753. The van der Waals surface area contributed by atoms with Crippen molar-refractivity contribution in [1.29, 1.82) is 0 Å². The lowest BCUT2D eigenvalue weighted by Crippen LogP contribution is -2.22. The number of fused-ring (bicyclic) bond motifs is 1. The number of esters is 1. The number of ether oxygens (including phenoxy) is 1. The molecule has 0 amide bonds. The molecule has 0 saturated carbocycles. The Morgan fingerprint density at radius 1 is 1.07 bits per heavy atom. The standard InChI is InChI=1S/C19H15N3O5/c1-12(17-20-21-18(27-17)13-7-3-2-4-8-13)25-16(23)11-22-14-9-5-6-10-15(14)26-19(22)24/h2-10,12H,11H2,1H3/t12-/m0/s1. The van der Waals surface area contributed by atoms with E-state index < -0.39 is 17.8 Å². The molecule has 0 bridgehead atoms. The van der Waals surface area contributed by atoms with Gasteiger partial charge in [0.1, 0.15) is 6.54 Å². The van der Waals surface area contributed by atoms with Gasteiger partial charge in [0.05, 0.1) is 5.52 Å². The molecule has 2 aromatic carbocycles. The third kappa shape index (κ3) is 3.37. The first kappa shape index (κ1) is 16.8. The number of rotatable bonds is 5. The topological polar surface area (TPSA) is 100 Å². The molecule has 0 aliphatic rings. The highest BCUT2D eigenvalue weighted by atomic mass is 16.6. The number of oxazole rings is 1. The smallest absolute Gasteiger partial charge is 0.420 e. The number of aromatic nitrogens is 3. The van der Waals surface area contributed by atoms with E-state index in [4.69, 9.17) is 13.6 Å². The highest BCUT2D eigenvalue weighted by Crippen LogP contribution is 2.22. The van der Waals surface area contributed by atoms with Crippen molar-refractivity contribution in [3.8, 4) is 11.5 Å². The van der Waals surface area contributed by atoms with Gasteiger partial charge in [0.15, 0.2) is 11.7 Å². The van der Waals surface area contributed by atoms with Crippen LogP contribution in [-0.2, 0) is 16.1 Å². The molecular weight excluding hydrogens is 350 g/mol. The van der Waals surface area contributed by atoms with Gasteiger partial charge in [-0.2, -0.15) is 0 Å². The molecule has 0 aliphatic carbocycles. The summed E-state index contributed by atoms with van der Waals surface area (Å²) >= 11 is 0. The van der Waals surface area contributed by atoms with Gasteiger partial charge >= 0.3 is 11.7 Å². The number of carbonyl (C=O) groups is 1. The largest absolute Gasteiger partial charge is 0.451 e. The molecule has 4 rings (SSSR count). The van der Waals surface area contributed by atoms with Crippen LogP contribution in [0.1, 0.15) is 18.9 Å². The predicted octanol–water partition coefficient (Wildman–Crippen LogP) is 2.95. The van der Waals surface area contributed by atoms with Crippen molar-refractivity contribution in [2.45, 2.75) is 19.6 Å². The first-order valence-corrected chi connectivity index (χ1v) is 8.28. The van der Waals surface area contributed by atoms with E-state index in [1.165, 1.54) is 4.57 Å². The van der Waals surface area contributed by atoms with Crippen molar-refractivity contribution >= 4 is 17.1 Å². The van der Waals surface area contributed by atoms with Crippen LogP contribution in [0.15, 0.2) is 68.2 Å². The van der Waals surface area contributed by atoms with Gasteiger partial charge in [0, 0.05) is 5.56 Å². The number of benzene rings is 2. The van der Waals surface area contributed by atoms with E-state index in [-0.39, 0.29) is 12.4 Å². The molecule has 0 unspecified atom stereocenters. The number of carbonyl (C=O) groups excluding carboxylic acids is 1. The van der Waals surface area contributed by atoms with E-state index in [1.54, 1.807) is 31.2 Å². The molecule has 2 aromatic heterocycles. The Morgan fingerprint density at radius 3 is 2.63 bits per heavy atom. The van der Waals surface area contributed by atoms with Crippen LogP contribution >= 0.6 is 0 Å². The Morgan fingerprint density at radius 2 is 1.81 bits per heavy atom. The van der Waals surface area contributed by atoms with Crippen LogP contribution in [0.3, 0.4) is 0 Å². The lowest BCUT2D eigenvalue weighted by molar-refractivity contribution is -0.150. The SMILES string of the molecule is C[C@H](OC(=O)Cn1c(=O)oc2ccccc21)c1nnc(-c2ccccc2)o1. The van der Waals surface area contributed by atoms with E-state index >= 15 is 0 Å². The van der Waals surface area contributed by atoms with Crippen LogP contribution in [0, 0.1) is 0 Å². The van der Waals surface area contributed by atoms with Crippen molar-refractivity contribution in [2.75, 3.05) is 0 Å². The highest BCUT2D eigenvalue weighted by Gasteiger charge is 2.20. The van der Waals surface area contributed by atoms with E-state index in [0.29, 0.717) is 17.0 Å². The molecule has 8 nitrogen and oxygen atoms in total. The zero-order valence-corrected chi connectivity index (χ0v) is 14.4. The predicted molar refractivity (Wildman–Crippen MR) is 94.7 cm³/mol. The maximum absolute atomic E-state index is 12.3. The van der Waals surface area contributed by atoms with E-state index in [2.05, 4.69) is 10.2 Å². The number of nitrogens with zero attached hydrogens (tertiary/aromatic N) is 3. The van der Waals surface area contributed by atoms with Gasteiger partial charge in [-0.15, -0.1) is 10.2 Å². The van der Waals surface area contributed by atoms with Gasteiger partial charge < -0.3 is 13.6 Å². The van der Waals surface area contributed by atoms with Gasteiger partial charge in [0.2, 0.25) is 5.89 Å². The molecule has 136 valence electrons. The first-order valence-electron chi connectivity index (χ1n) is 8.28. The summed E-state index contributed by atoms with van der Waals surface area (Å²) in [5.74, 6) is -0.724. The van der Waals surface area contributed by atoms with E-state index in [1.807, 2.05) is 30.3 Å². The van der Waals surface area contributed by atoms with E-state index in [0.717, 1.165) is 5.56 Å². The van der Waals surface area contributed by atoms with Crippen LogP contribution in [0.25, 0.3) is 22.6 Å². The summed E-state index contributed by atoms with van der Waals surface area (Å²) in [5, 5.41) is 7.90. The minimum Gasteiger partial charge on any atom is -0.451 e. The fourth-order valence-corrected chi connectivity index (χ4v) is 2.67. The van der Waals surface area contributed by atoms with Gasteiger partial charge in [-0.25, -0.2) is 4.79 Å². The lowest BCUT2D eigenvalue weighted by atomic mass is 10.2. The van der Waals surface area contributed by atoms with Gasteiger partial charge in [-0.3, -0.25) is 9.36 Å². The fourth-order valence-electron chi connectivity index (χ4n) is 2.67. The normalized spacial score (nSPS) is 12.2. The molecule has 2 heterocycles. The number of para-hydroxylation sites is 2. The van der Waals surface area contributed by atoms with Crippen molar-refractivity contribution in [2.24, 2.45) is 0 Å². The van der Waals surface area contributed by atoms with Crippen molar-refractivity contribution < 1.29 is 18.4 Å². The lowest BCUT2D eigenvalue weighted by Gasteiger charge is -2.09. The average Bonchev–Trinajstić information content (AvgIpc) is 3.28. The maximum Gasteiger partial charge on any atom is 0.420 e. The second-order valence-electron chi connectivity index (χ2n) is 5.87. The summed E-state index contributed by atoms with van der Waals surface area (Å²) in [6, 6.07) is 16.1. The molecule has 0 spiro atoms. The third-order valence-electron chi connectivity index (χ3n) is 3.98. The minimum atomic E-state index is -0.753. The van der Waals surface area contributed by atoms with Crippen LogP contribution in [0.2, 0.25) is 0 Å². The van der Waals surface area contributed by atoms with Crippen molar-refractivity contribution in [3.63, 3.8) is 0 Å². The molecule has 27 heavy (non-hydrogen) atoms. The summed E-state index contributed by atoms with van der Waals surface area (Å²) < 4.78 is 17.2. The Labute approximate surface area is 153 Å². The molecular formula is C19H15N3O5. The van der Waals surface area contributed by atoms with Crippen LogP contribution in [0.4, 0.5) is 0 Å². The molecule has 8 heteroatoms. The van der Waals surface area contributed by atoms with Gasteiger partial charge in [-0.1, -0.05) is 30.3 Å². The summed E-state index contributed by atoms with van der Waals surface area (Å²) in [7, 11) is 0. The Kier molecular flexibility index (Phi) is 4.29. The zero-order chi connectivity index (χ0) is 18.8. The summed E-state index contributed by atoms with van der Waals surface area (Å²) in [5.41, 5.74) is 1.70. The number of hydrogen-bond donors (Lipinski definition) is 0. The molecule has 0 aliphatic heterocycles. The van der Waals surface area contributed by atoms with Gasteiger partial charge in [-0.05, 0) is 31.2 Å². The number of hydrogen-bond acceptors (Lipinski definition) is 7. The maximum atomic E-state index is 12.3. The Hall–Kier alpha value is -3.68. The third-order valence-corrected chi connectivity index (χ3v) is 3.98. The van der Waals surface area contributed by atoms with Crippen LogP contribution < -0.4 is 5.76 Å². The Bertz CT molecular complexity index is 1140. The quantitative estimate of drug-likeness (QED) is 0.501. The molecule has 1 atom stereocenters. The molecule has 0 radical (unpaired) electrons. The Balaban J connectivity index is 1.47. The van der Waals surface area contributed by atoms with E-state index in [9.17, 15) is 9.59 Å². The second-order valence-corrected chi connectivity index (χ2v) is 5.87. The summed E-state index contributed by atoms with van der Waals surface area (Å²) in [6.45, 7) is 1.34. The molecule has 0 fully saturated rings. The minimum absolute atomic E-state index is 0.173. The highest BCUT2D eigenvalue weighted by molar-refractivity contribution is 5.76. The van der Waals surface area contributed by atoms with Crippen LogP contribution in [-0.4, -0.2) is 20.7 Å². The fraction of sp³-hybridized carbons (Fsp3) is 0.158. The van der Waals surface area contributed by atoms with Gasteiger partial charge in [0.25, 0.3) is 5.89 Å². The van der Waals surface area contributed by atoms with Crippen LogP contribution in [0.5, 0.6) is 0 Å². The first-order chi connectivity index (χ1) is 13.1. The second kappa shape index (κ2) is 6.91. The molecule has 0 saturated heterocycles. The zero-order valence-electron chi connectivity index (χ0n) is 14.4. The van der Waals surface area contributed by atoms with Crippen molar-refractivity contribution in [1.82, 2.24) is 14.8 Å². The monoisotopic (exact) mass is 365 g/mol. The summed E-state index contributed by atoms with van der Waals surface area (Å²) in [4.78, 5) is 24.2. The average molecular weight is 365 g/mol. The molecule has 4 aromatic rings. The van der Waals surface area contributed by atoms with Crippen molar-refractivity contribution in [3.05, 3.63) is 71.0 Å².